The molecule has 2 fully saturated rings. The van der Waals surface area contributed by atoms with Crippen molar-refractivity contribution in [1.29, 1.82) is 0 Å². The van der Waals surface area contributed by atoms with Crippen LogP contribution >= 0.6 is 0 Å². The van der Waals surface area contributed by atoms with Gasteiger partial charge in [0.05, 0.1) is 17.8 Å². The largest absolute Gasteiger partial charge is 0.389 e. The molecule has 0 radical (unpaired) electrons. The molecule has 0 aliphatic carbocycles. The number of fused-ring (bicyclic) bond motifs is 1. The number of likely N-dealkylation sites (tertiary alicyclic amines) is 2. The Hall–Kier alpha value is -2.31. The molecule has 0 spiro atoms. The zero-order valence-electron chi connectivity index (χ0n) is 16.6. The lowest BCUT2D eigenvalue weighted by Gasteiger charge is -2.50. The minimum absolute atomic E-state index is 0.0808. The molecule has 1 aromatic carbocycles. The van der Waals surface area contributed by atoms with Gasteiger partial charge in [0.1, 0.15) is 5.82 Å². The van der Waals surface area contributed by atoms with Crippen molar-refractivity contribution in [3.8, 4) is 11.3 Å². The molecule has 3 heterocycles. The summed E-state index contributed by atoms with van der Waals surface area (Å²) in [5.41, 5.74) is 2.34. The Labute approximate surface area is 166 Å². The molecule has 0 saturated carbocycles. The van der Waals surface area contributed by atoms with Crippen molar-refractivity contribution in [3.05, 3.63) is 47.9 Å². The van der Waals surface area contributed by atoms with Crippen molar-refractivity contribution in [3.63, 3.8) is 0 Å². The fraction of sp³-hybridized carbons (Fsp3) is 0.500. The molecule has 4 rings (SSSR count). The first-order valence-electron chi connectivity index (χ1n) is 10.0. The number of hydrogen-bond acceptors (Lipinski definition) is 5. The number of carbonyl (C=O) groups is 1. The maximum Gasteiger partial charge on any atom is 0.219 e. The molecule has 6 heteroatoms. The highest BCUT2D eigenvalue weighted by Crippen LogP contribution is 2.35. The summed E-state index contributed by atoms with van der Waals surface area (Å²) in [6.45, 7) is 7.14. The standard InChI is InChI=1S/C22H28N4O2/c1-16-12-20(18-6-4-3-5-7-18)24-21(23-16)15-25-10-8-22(28)9-11-26(17(2)27)14-19(22)13-25/h3-7,12,19,28H,8-11,13-15H2,1-2H3/t19-,22-/m0/s1. The molecule has 2 atom stereocenters. The minimum atomic E-state index is -0.648. The Kier molecular flexibility index (Phi) is 5.17. The second-order valence-corrected chi connectivity index (χ2v) is 8.18. The number of aryl methyl sites for hydroxylation is 1. The topological polar surface area (TPSA) is 69.6 Å². The predicted octanol–water partition coefficient (Wildman–Crippen LogP) is 2.26. The highest BCUT2D eigenvalue weighted by molar-refractivity contribution is 5.73. The number of piperidine rings is 2. The molecular formula is C22H28N4O2. The van der Waals surface area contributed by atoms with Gasteiger partial charge in [0.25, 0.3) is 0 Å². The van der Waals surface area contributed by atoms with E-state index in [1.54, 1.807) is 6.92 Å². The van der Waals surface area contributed by atoms with Gasteiger partial charge in [-0.05, 0) is 25.8 Å². The van der Waals surface area contributed by atoms with Crippen LogP contribution in [0.15, 0.2) is 36.4 Å². The van der Waals surface area contributed by atoms with Crippen LogP contribution in [0, 0.1) is 12.8 Å². The van der Waals surface area contributed by atoms with Gasteiger partial charge in [0, 0.05) is 50.3 Å². The van der Waals surface area contributed by atoms with Crippen LogP contribution in [0.5, 0.6) is 0 Å². The third-order valence-corrected chi connectivity index (χ3v) is 6.14. The monoisotopic (exact) mass is 380 g/mol. The minimum Gasteiger partial charge on any atom is -0.389 e. The molecule has 28 heavy (non-hydrogen) atoms. The maximum atomic E-state index is 11.8. The fourth-order valence-electron chi connectivity index (χ4n) is 4.46. The van der Waals surface area contributed by atoms with E-state index in [0.717, 1.165) is 42.3 Å². The van der Waals surface area contributed by atoms with Crippen LogP contribution in [0.1, 0.15) is 31.3 Å². The molecule has 1 aromatic heterocycles. The first-order valence-corrected chi connectivity index (χ1v) is 10.0. The van der Waals surface area contributed by atoms with E-state index in [0.29, 0.717) is 26.1 Å². The molecule has 0 bridgehead atoms. The summed E-state index contributed by atoms with van der Waals surface area (Å²) in [4.78, 5) is 25.4. The lowest BCUT2D eigenvalue weighted by atomic mass is 9.75. The normalized spacial score (nSPS) is 25.4. The van der Waals surface area contributed by atoms with Crippen LogP contribution in [0.2, 0.25) is 0 Å². The molecular weight excluding hydrogens is 352 g/mol. The van der Waals surface area contributed by atoms with Crippen molar-refractivity contribution >= 4 is 5.91 Å². The summed E-state index contributed by atoms with van der Waals surface area (Å²) in [6.07, 6.45) is 1.41. The van der Waals surface area contributed by atoms with Crippen LogP contribution in [0.4, 0.5) is 0 Å². The second kappa shape index (κ2) is 7.60. The number of carbonyl (C=O) groups excluding carboxylic acids is 1. The molecule has 2 saturated heterocycles. The van der Waals surface area contributed by atoms with Crippen LogP contribution in [0.3, 0.4) is 0 Å². The zero-order valence-corrected chi connectivity index (χ0v) is 16.6. The first-order chi connectivity index (χ1) is 13.4. The van der Waals surface area contributed by atoms with E-state index < -0.39 is 5.60 Å². The Bertz CT molecular complexity index is 857. The Balaban J connectivity index is 1.49. The number of amides is 1. The molecule has 1 N–H and O–H groups in total. The van der Waals surface area contributed by atoms with Crippen molar-refractivity contribution in [1.82, 2.24) is 19.8 Å². The van der Waals surface area contributed by atoms with Crippen molar-refractivity contribution in [2.24, 2.45) is 5.92 Å². The van der Waals surface area contributed by atoms with Crippen LogP contribution in [-0.2, 0) is 11.3 Å². The number of aliphatic hydroxyl groups is 1. The molecule has 6 nitrogen and oxygen atoms in total. The van der Waals surface area contributed by atoms with Crippen molar-refractivity contribution in [2.45, 2.75) is 38.8 Å². The lowest BCUT2D eigenvalue weighted by molar-refractivity contribution is -0.145. The SMILES string of the molecule is CC(=O)N1CC[C@@]2(O)CCN(Cc3nc(C)cc(-c4ccccc4)n3)C[C@H]2C1. The average molecular weight is 380 g/mol. The first kappa shape index (κ1) is 19.0. The summed E-state index contributed by atoms with van der Waals surface area (Å²) in [5, 5.41) is 11.0. The second-order valence-electron chi connectivity index (χ2n) is 8.18. The van der Waals surface area contributed by atoms with Crippen LogP contribution in [0.25, 0.3) is 11.3 Å². The quantitative estimate of drug-likeness (QED) is 0.885. The van der Waals surface area contributed by atoms with Crippen molar-refractivity contribution < 1.29 is 9.90 Å². The third-order valence-electron chi connectivity index (χ3n) is 6.14. The Morgan fingerprint density at radius 3 is 2.68 bits per heavy atom. The molecule has 2 aromatic rings. The summed E-state index contributed by atoms with van der Waals surface area (Å²) < 4.78 is 0. The van der Waals surface area contributed by atoms with E-state index in [9.17, 15) is 9.90 Å². The van der Waals surface area contributed by atoms with E-state index in [1.165, 1.54) is 0 Å². The lowest BCUT2D eigenvalue weighted by Crippen LogP contribution is -2.60. The Morgan fingerprint density at radius 2 is 1.93 bits per heavy atom. The number of rotatable bonds is 3. The van der Waals surface area contributed by atoms with Gasteiger partial charge in [0.15, 0.2) is 0 Å². The zero-order chi connectivity index (χ0) is 19.7. The molecule has 0 unspecified atom stereocenters. The van der Waals surface area contributed by atoms with E-state index in [-0.39, 0.29) is 11.8 Å². The third kappa shape index (κ3) is 3.93. The number of benzene rings is 1. The fourth-order valence-corrected chi connectivity index (χ4v) is 4.46. The molecule has 1 amide bonds. The smallest absolute Gasteiger partial charge is 0.219 e. The van der Waals surface area contributed by atoms with Gasteiger partial charge in [0.2, 0.25) is 5.91 Å². The Morgan fingerprint density at radius 1 is 1.18 bits per heavy atom. The van der Waals surface area contributed by atoms with Crippen LogP contribution in [-0.4, -0.2) is 62.6 Å². The van der Waals surface area contributed by atoms with E-state index in [1.807, 2.05) is 36.1 Å². The van der Waals surface area contributed by atoms with Crippen LogP contribution < -0.4 is 0 Å². The average Bonchev–Trinajstić information content (AvgIpc) is 2.68. The van der Waals surface area contributed by atoms with E-state index in [2.05, 4.69) is 22.0 Å². The van der Waals surface area contributed by atoms with Gasteiger partial charge in [-0.2, -0.15) is 0 Å². The maximum absolute atomic E-state index is 11.8. The van der Waals surface area contributed by atoms with E-state index in [4.69, 9.17) is 4.98 Å². The van der Waals surface area contributed by atoms with Gasteiger partial charge >= 0.3 is 0 Å². The summed E-state index contributed by atoms with van der Waals surface area (Å²) >= 11 is 0. The summed E-state index contributed by atoms with van der Waals surface area (Å²) in [6, 6.07) is 12.2. The molecule has 2 aliphatic rings. The predicted molar refractivity (Wildman–Crippen MR) is 107 cm³/mol. The number of nitrogens with zero attached hydrogens (tertiary/aromatic N) is 4. The van der Waals surface area contributed by atoms with Gasteiger partial charge in [-0.3, -0.25) is 9.69 Å². The van der Waals surface area contributed by atoms with Gasteiger partial charge < -0.3 is 10.0 Å². The number of aromatic nitrogens is 2. The molecule has 2 aliphatic heterocycles. The van der Waals surface area contributed by atoms with Gasteiger partial charge in [-0.15, -0.1) is 0 Å². The van der Waals surface area contributed by atoms with E-state index >= 15 is 0 Å². The van der Waals surface area contributed by atoms with Gasteiger partial charge in [-0.1, -0.05) is 30.3 Å². The van der Waals surface area contributed by atoms with Crippen molar-refractivity contribution in [2.75, 3.05) is 26.2 Å². The number of hydrogen-bond donors (Lipinski definition) is 1. The summed E-state index contributed by atoms with van der Waals surface area (Å²) in [5.74, 6) is 0.981. The molecule has 148 valence electrons. The summed E-state index contributed by atoms with van der Waals surface area (Å²) in [7, 11) is 0. The highest BCUT2D eigenvalue weighted by atomic mass is 16.3. The van der Waals surface area contributed by atoms with Gasteiger partial charge in [-0.25, -0.2) is 9.97 Å². The highest BCUT2D eigenvalue weighted by Gasteiger charge is 2.45.